The van der Waals surface area contributed by atoms with Crippen LogP contribution in [0.2, 0.25) is 0 Å². The van der Waals surface area contributed by atoms with Crippen molar-refractivity contribution in [1.82, 2.24) is 10.2 Å². The highest BCUT2D eigenvalue weighted by Gasteiger charge is 2.15. The fraction of sp³-hybridized carbons (Fsp3) is 0.312. The van der Waals surface area contributed by atoms with Gasteiger partial charge in [-0.1, -0.05) is 19.1 Å². The van der Waals surface area contributed by atoms with Crippen molar-refractivity contribution in [2.75, 3.05) is 13.1 Å². The number of halogens is 2. The van der Waals surface area contributed by atoms with Gasteiger partial charge in [0.25, 0.3) is 0 Å². The molecule has 22 heavy (non-hydrogen) atoms. The van der Waals surface area contributed by atoms with Crippen LogP contribution in [0.5, 0.6) is 0 Å². The van der Waals surface area contributed by atoms with Gasteiger partial charge >= 0.3 is 0 Å². The molecule has 0 bridgehead atoms. The Balaban J connectivity index is 1.90. The molecule has 1 amide bonds. The molecule has 3 nitrogen and oxygen atoms in total. The quantitative estimate of drug-likeness (QED) is 0.848. The second kappa shape index (κ2) is 8.00. The van der Waals surface area contributed by atoms with Crippen molar-refractivity contribution in [3.8, 4) is 0 Å². The van der Waals surface area contributed by atoms with E-state index in [9.17, 15) is 13.6 Å². The van der Waals surface area contributed by atoms with E-state index >= 15 is 0 Å². The Kier molecular flexibility index (Phi) is 6.03. The highest BCUT2D eigenvalue weighted by molar-refractivity contribution is 7.09. The highest BCUT2D eigenvalue weighted by atomic mass is 32.1. The van der Waals surface area contributed by atoms with Crippen LogP contribution in [0.3, 0.4) is 0 Å². The Labute approximate surface area is 132 Å². The van der Waals surface area contributed by atoms with Crippen LogP contribution in [0, 0.1) is 11.6 Å². The molecule has 0 spiro atoms. The van der Waals surface area contributed by atoms with Gasteiger partial charge in [-0.3, -0.25) is 9.69 Å². The lowest BCUT2D eigenvalue weighted by Crippen LogP contribution is -2.36. The molecule has 0 atom stereocenters. The summed E-state index contributed by atoms with van der Waals surface area (Å²) in [4.78, 5) is 14.7. The summed E-state index contributed by atoms with van der Waals surface area (Å²) in [5, 5.41) is 4.75. The van der Waals surface area contributed by atoms with E-state index in [1.165, 1.54) is 18.2 Å². The van der Waals surface area contributed by atoms with Gasteiger partial charge < -0.3 is 5.32 Å². The van der Waals surface area contributed by atoms with Crippen LogP contribution in [0.15, 0.2) is 35.7 Å². The summed E-state index contributed by atoms with van der Waals surface area (Å²) in [6.07, 6.45) is 0. The molecule has 1 aromatic carbocycles. The zero-order chi connectivity index (χ0) is 15.9. The van der Waals surface area contributed by atoms with Crippen LogP contribution in [0.4, 0.5) is 8.78 Å². The molecule has 0 saturated carbocycles. The number of amides is 1. The molecule has 6 heteroatoms. The van der Waals surface area contributed by atoms with Gasteiger partial charge in [0.2, 0.25) is 5.91 Å². The fourth-order valence-electron chi connectivity index (χ4n) is 2.04. The molecule has 1 N–H and O–H groups in total. The number of rotatable bonds is 7. The van der Waals surface area contributed by atoms with Crippen molar-refractivity contribution in [3.05, 3.63) is 57.8 Å². The Bertz CT molecular complexity index is 596. The van der Waals surface area contributed by atoms with Crippen molar-refractivity contribution >= 4 is 17.2 Å². The highest BCUT2D eigenvalue weighted by Crippen LogP contribution is 2.14. The molecule has 1 heterocycles. The van der Waals surface area contributed by atoms with E-state index in [2.05, 4.69) is 5.32 Å². The van der Waals surface area contributed by atoms with E-state index in [0.717, 1.165) is 4.88 Å². The first kappa shape index (κ1) is 16.6. The van der Waals surface area contributed by atoms with Gasteiger partial charge in [-0.15, -0.1) is 11.3 Å². The molecule has 1 aromatic heterocycles. The largest absolute Gasteiger partial charge is 0.350 e. The number of hydrogen-bond acceptors (Lipinski definition) is 3. The summed E-state index contributed by atoms with van der Waals surface area (Å²) in [5.74, 6) is -1.33. The molecule has 0 aliphatic carbocycles. The van der Waals surface area contributed by atoms with Crippen LogP contribution in [-0.4, -0.2) is 23.9 Å². The van der Waals surface area contributed by atoms with E-state index in [0.29, 0.717) is 13.1 Å². The standard InChI is InChI=1S/C16H18F2N2OS/c1-2-20(10-13-14(17)6-3-7-15(13)18)11-16(21)19-9-12-5-4-8-22-12/h3-8H,2,9-11H2,1H3,(H,19,21). The van der Waals surface area contributed by atoms with Crippen molar-refractivity contribution in [3.63, 3.8) is 0 Å². The lowest BCUT2D eigenvalue weighted by molar-refractivity contribution is -0.122. The van der Waals surface area contributed by atoms with Gasteiger partial charge in [0, 0.05) is 17.0 Å². The average Bonchev–Trinajstić information content (AvgIpc) is 3.01. The SMILES string of the molecule is CCN(CC(=O)NCc1cccs1)Cc1c(F)cccc1F. The summed E-state index contributed by atoms with van der Waals surface area (Å²) in [6.45, 7) is 3.03. The normalized spacial score (nSPS) is 10.9. The van der Waals surface area contributed by atoms with Gasteiger partial charge in [-0.25, -0.2) is 8.78 Å². The maximum absolute atomic E-state index is 13.7. The van der Waals surface area contributed by atoms with Crippen molar-refractivity contribution in [2.45, 2.75) is 20.0 Å². The summed E-state index contributed by atoms with van der Waals surface area (Å²) in [5.41, 5.74) is -0.00425. The van der Waals surface area contributed by atoms with E-state index in [1.54, 1.807) is 16.2 Å². The molecule has 2 rings (SSSR count). The molecule has 0 saturated heterocycles. The van der Waals surface area contributed by atoms with E-state index in [-0.39, 0.29) is 24.6 Å². The summed E-state index contributed by atoms with van der Waals surface area (Å²) in [6, 6.07) is 7.65. The number of benzene rings is 1. The number of carbonyl (C=O) groups excluding carboxylic acids is 1. The number of likely N-dealkylation sites (N-methyl/N-ethyl adjacent to an activating group) is 1. The number of thiophene rings is 1. The monoisotopic (exact) mass is 324 g/mol. The lowest BCUT2D eigenvalue weighted by atomic mass is 10.2. The van der Waals surface area contributed by atoms with E-state index in [4.69, 9.17) is 0 Å². The third-order valence-electron chi connectivity index (χ3n) is 3.30. The summed E-state index contributed by atoms with van der Waals surface area (Å²) in [7, 11) is 0. The third-order valence-corrected chi connectivity index (χ3v) is 4.17. The minimum absolute atomic E-state index is 0.00425. The summed E-state index contributed by atoms with van der Waals surface area (Å²) < 4.78 is 27.3. The molecular formula is C16H18F2N2OS. The smallest absolute Gasteiger partial charge is 0.234 e. The van der Waals surface area contributed by atoms with Crippen molar-refractivity contribution < 1.29 is 13.6 Å². The van der Waals surface area contributed by atoms with Gasteiger partial charge in [0.1, 0.15) is 11.6 Å². The first-order chi connectivity index (χ1) is 10.6. The second-order valence-corrected chi connectivity index (χ2v) is 5.89. The van der Waals surface area contributed by atoms with Crippen LogP contribution >= 0.6 is 11.3 Å². The van der Waals surface area contributed by atoms with Crippen LogP contribution in [0.25, 0.3) is 0 Å². The lowest BCUT2D eigenvalue weighted by Gasteiger charge is -2.20. The Hall–Kier alpha value is -1.79. The van der Waals surface area contributed by atoms with Gasteiger partial charge in [0.05, 0.1) is 13.1 Å². The van der Waals surface area contributed by atoms with Gasteiger partial charge in [-0.2, -0.15) is 0 Å². The Morgan fingerprint density at radius 3 is 2.55 bits per heavy atom. The molecule has 2 aromatic rings. The van der Waals surface area contributed by atoms with Crippen LogP contribution in [-0.2, 0) is 17.9 Å². The van der Waals surface area contributed by atoms with E-state index < -0.39 is 11.6 Å². The number of nitrogens with zero attached hydrogens (tertiary/aromatic N) is 1. The Morgan fingerprint density at radius 1 is 1.23 bits per heavy atom. The minimum atomic E-state index is -0.586. The first-order valence-corrected chi connectivity index (χ1v) is 7.92. The molecule has 0 radical (unpaired) electrons. The van der Waals surface area contributed by atoms with Gasteiger partial charge in [-0.05, 0) is 30.1 Å². The molecule has 0 fully saturated rings. The van der Waals surface area contributed by atoms with Crippen molar-refractivity contribution in [1.29, 1.82) is 0 Å². The maximum Gasteiger partial charge on any atom is 0.234 e. The minimum Gasteiger partial charge on any atom is -0.350 e. The van der Waals surface area contributed by atoms with Crippen LogP contribution < -0.4 is 5.32 Å². The first-order valence-electron chi connectivity index (χ1n) is 7.04. The number of hydrogen-bond donors (Lipinski definition) is 1. The zero-order valence-electron chi connectivity index (χ0n) is 12.3. The number of carbonyl (C=O) groups is 1. The molecule has 0 aliphatic rings. The summed E-state index contributed by atoms with van der Waals surface area (Å²) >= 11 is 1.57. The zero-order valence-corrected chi connectivity index (χ0v) is 13.1. The third kappa shape index (κ3) is 4.61. The molecule has 0 aliphatic heterocycles. The second-order valence-electron chi connectivity index (χ2n) is 4.86. The van der Waals surface area contributed by atoms with E-state index in [1.807, 2.05) is 24.4 Å². The fourth-order valence-corrected chi connectivity index (χ4v) is 2.69. The predicted molar refractivity (Wildman–Crippen MR) is 83.5 cm³/mol. The molecule has 0 unspecified atom stereocenters. The maximum atomic E-state index is 13.7. The molecule has 118 valence electrons. The van der Waals surface area contributed by atoms with Gasteiger partial charge in [0.15, 0.2) is 0 Å². The predicted octanol–water partition coefficient (Wildman–Crippen LogP) is 3.16. The van der Waals surface area contributed by atoms with Crippen molar-refractivity contribution in [2.24, 2.45) is 0 Å². The van der Waals surface area contributed by atoms with Crippen LogP contribution in [0.1, 0.15) is 17.4 Å². The number of nitrogens with one attached hydrogen (secondary N) is 1. The topological polar surface area (TPSA) is 32.3 Å². The Morgan fingerprint density at radius 2 is 1.95 bits per heavy atom. The average molecular weight is 324 g/mol. The molecular weight excluding hydrogens is 306 g/mol.